The molecule has 0 aliphatic heterocycles. The van der Waals surface area contributed by atoms with Crippen LogP contribution in [0.15, 0.2) is 18.3 Å². The first-order chi connectivity index (χ1) is 7.79. The molecule has 1 aromatic heterocycles. The maximum Gasteiger partial charge on any atom is 0.126 e. The number of nitrogens with zero attached hydrogens (tertiary/aromatic N) is 1. The molecule has 4 N–H and O–H groups in total. The van der Waals surface area contributed by atoms with Crippen molar-refractivity contribution in [3.05, 3.63) is 18.3 Å². The van der Waals surface area contributed by atoms with Crippen LogP contribution in [-0.4, -0.2) is 23.2 Å². The van der Waals surface area contributed by atoms with Crippen molar-refractivity contribution in [2.45, 2.75) is 19.3 Å². The van der Waals surface area contributed by atoms with E-state index in [1.165, 1.54) is 12.8 Å². The minimum Gasteiger partial charge on any atom is -0.397 e. The van der Waals surface area contributed by atoms with Gasteiger partial charge in [0.05, 0.1) is 11.9 Å². The molecule has 0 amide bonds. The number of anilines is 2. The standard InChI is InChI=1S/C12H19N3O/c13-11-4-5-12(15-7-11)14-6-9-2-1-3-10(9)8-16/h4-5,7,9-10,16H,1-3,6,8,13H2,(H,14,15). The Labute approximate surface area is 95.9 Å². The molecule has 2 unspecified atom stereocenters. The van der Waals surface area contributed by atoms with Gasteiger partial charge in [0.1, 0.15) is 5.82 Å². The van der Waals surface area contributed by atoms with Gasteiger partial charge in [0.2, 0.25) is 0 Å². The Morgan fingerprint density at radius 2 is 2.19 bits per heavy atom. The van der Waals surface area contributed by atoms with Crippen LogP contribution in [0.5, 0.6) is 0 Å². The van der Waals surface area contributed by atoms with E-state index in [0.29, 0.717) is 24.1 Å². The van der Waals surface area contributed by atoms with E-state index in [0.717, 1.165) is 18.8 Å². The lowest BCUT2D eigenvalue weighted by molar-refractivity contribution is 0.199. The van der Waals surface area contributed by atoms with Crippen molar-refractivity contribution < 1.29 is 5.11 Å². The molecule has 88 valence electrons. The third-order valence-corrected chi connectivity index (χ3v) is 3.38. The third-order valence-electron chi connectivity index (χ3n) is 3.38. The fourth-order valence-corrected chi connectivity index (χ4v) is 2.37. The van der Waals surface area contributed by atoms with Gasteiger partial charge < -0.3 is 16.2 Å². The molecule has 0 saturated heterocycles. The van der Waals surface area contributed by atoms with E-state index in [-0.39, 0.29) is 0 Å². The van der Waals surface area contributed by atoms with Gasteiger partial charge in [-0.2, -0.15) is 0 Å². The number of rotatable bonds is 4. The van der Waals surface area contributed by atoms with Crippen LogP contribution in [-0.2, 0) is 0 Å². The molecule has 1 aliphatic rings. The van der Waals surface area contributed by atoms with Crippen molar-refractivity contribution in [3.8, 4) is 0 Å². The Hall–Kier alpha value is -1.29. The van der Waals surface area contributed by atoms with Crippen molar-refractivity contribution in [2.75, 3.05) is 24.2 Å². The number of nitrogen functional groups attached to an aromatic ring is 1. The van der Waals surface area contributed by atoms with E-state index in [1.807, 2.05) is 12.1 Å². The number of hydrogen-bond acceptors (Lipinski definition) is 4. The predicted octanol–water partition coefficient (Wildman–Crippen LogP) is 1.48. The van der Waals surface area contributed by atoms with Gasteiger partial charge >= 0.3 is 0 Å². The molecule has 1 saturated carbocycles. The van der Waals surface area contributed by atoms with Gasteiger partial charge in [0.25, 0.3) is 0 Å². The zero-order chi connectivity index (χ0) is 11.4. The number of pyridine rings is 1. The molecule has 16 heavy (non-hydrogen) atoms. The monoisotopic (exact) mass is 221 g/mol. The maximum absolute atomic E-state index is 9.21. The highest BCUT2D eigenvalue weighted by Crippen LogP contribution is 2.31. The highest BCUT2D eigenvalue weighted by molar-refractivity contribution is 5.43. The molecule has 4 heteroatoms. The van der Waals surface area contributed by atoms with Crippen LogP contribution in [0, 0.1) is 11.8 Å². The summed E-state index contributed by atoms with van der Waals surface area (Å²) >= 11 is 0. The molecule has 2 rings (SSSR count). The second kappa shape index (κ2) is 5.16. The first-order valence-corrected chi connectivity index (χ1v) is 5.86. The summed E-state index contributed by atoms with van der Waals surface area (Å²) in [7, 11) is 0. The van der Waals surface area contributed by atoms with Crippen molar-refractivity contribution in [1.82, 2.24) is 4.98 Å². The Kier molecular flexibility index (Phi) is 3.62. The van der Waals surface area contributed by atoms with Crippen LogP contribution in [0.1, 0.15) is 19.3 Å². The largest absolute Gasteiger partial charge is 0.397 e. The van der Waals surface area contributed by atoms with Gasteiger partial charge in [-0.15, -0.1) is 0 Å². The summed E-state index contributed by atoms with van der Waals surface area (Å²) in [5, 5.41) is 12.5. The molecule has 0 bridgehead atoms. The summed E-state index contributed by atoms with van der Waals surface area (Å²) < 4.78 is 0. The Morgan fingerprint density at radius 3 is 2.88 bits per heavy atom. The normalized spacial score (nSPS) is 24.6. The molecule has 0 radical (unpaired) electrons. The second-order valence-corrected chi connectivity index (χ2v) is 4.49. The molecular formula is C12H19N3O. The molecule has 1 aliphatic carbocycles. The predicted molar refractivity (Wildman–Crippen MR) is 65.1 cm³/mol. The number of aromatic nitrogens is 1. The van der Waals surface area contributed by atoms with Gasteiger partial charge in [0.15, 0.2) is 0 Å². The number of aliphatic hydroxyl groups is 1. The van der Waals surface area contributed by atoms with Gasteiger partial charge in [-0.25, -0.2) is 4.98 Å². The van der Waals surface area contributed by atoms with Crippen LogP contribution in [0.3, 0.4) is 0 Å². The van der Waals surface area contributed by atoms with E-state index in [1.54, 1.807) is 6.20 Å². The smallest absolute Gasteiger partial charge is 0.126 e. The Balaban J connectivity index is 1.85. The number of nitrogens with one attached hydrogen (secondary N) is 1. The van der Waals surface area contributed by atoms with Crippen LogP contribution < -0.4 is 11.1 Å². The topological polar surface area (TPSA) is 71.2 Å². The zero-order valence-corrected chi connectivity index (χ0v) is 9.39. The summed E-state index contributed by atoms with van der Waals surface area (Å²) in [5.41, 5.74) is 6.25. The summed E-state index contributed by atoms with van der Waals surface area (Å²) in [4.78, 5) is 4.19. The summed E-state index contributed by atoms with van der Waals surface area (Å²) in [6.07, 6.45) is 5.23. The first kappa shape index (κ1) is 11.2. The highest BCUT2D eigenvalue weighted by atomic mass is 16.3. The van der Waals surface area contributed by atoms with Crippen LogP contribution in [0.25, 0.3) is 0 Å². The quantitative estimate of drug-likeness (QED) is 0.720. The van der Waals surface area contributed by atoms with Gasteiger partial charge in [-0.3, -0.25) is 0 Å². The first-order valence-electron chi connectivity index (χ1n) is 5.86. The summed E-state index contributed by atoms with van der Waals surface area (Å²) in [5.74, 6) is 1.89. The van der Waals surface area contributed by atoms with Crippen molar-refractivity contribution in [3.63, 3.8) is 0 Å². The minimum absolute atomic E-state index is 0.307. The Morgan fingerprint density at radius 1 is 1.38 bits per heavy atom. The SMILES string of the molecule is Nc1ccc(NCC2CCCC2CO)nc1. The van der Waals surface area contributed by atoms with Gasteiger partial charge in [0, 0.05) is 13.2 Å². The van der Waals surface area contributed by atoms with Crippen LogP contribution in [0.2, 0.25) is 0 Å². The molecule has 1 aromatic rings. The Bertz CT molecular complexity index is 326. The minimum atomic E-state index is 0.307. The summed E-state index contributed by atoms with van der Waals surface area (Å²) in [6, 6.07) is 3.73. The van der Waals surface area contributed by atoms with Crippen molar-refractivity contribution in [2.24, 2.45) is 11.8 Å². The third kappa shape index (κ3) is 2.64. The van der Waals surface area contributed by atoms with E-state index >= 15 is 0 Å². The highest BCUT2D eigenvalue weighted by Gasteiger charge is 2.26. The lowest BCUT2D eigenvalue weighted by Crippen LogP contribution is -2.21. The number of hydrogen-bond donors (Lipinski definition) is 3. The molecule has 1 heterocycles. The van der Waals surface area contributed by atoms with Gasteiger partial charge in [-0.05, 0) is 36.8 Å². The van der Waals surface area contributed by atoms with Crippen LogP contribution in [0.4, 0.5) is 11.5 Å². The molecule has 1 fully saturated rings. The van der Waals surface area contributed by atoms with E-state index in [4.69, 9.17) is 5.73 Å². The van der Waals surface area contributed by atoms with Crippen molar-refractivity contribution in [1.29, 1.82) is 0 Å². The molecule has 2 atom stereocenters. The van der Waals surface area contributed by atoms with E-state index < -0.39 is 0 Å². The van der Waals surface area contributed by atoms with Gasteiger partial charge in [-0.1, -0.05) is 6.42 Å². The zero-order valence-electron chi connectivity index (χ0n) is 9.39. The molecule has 0 aromatic carbocycles. The van der Waals surface area contributed by atoms with Crippen LogP contribution >= 0.6 is 0 Å². The molecular weight excluding hydrogens is 202 g/mol. The second-order valence-electron chi connectivity index (χ2n) is 4.49. The lowest BCUT2D eigenvalue weighted by Gasteiger charge is -2.18. The van der Waals surface area contributed by atoms with Crippen molar-refractivity contribution >= 4 is 11.5 Å². The van der Waals surface area contributed by atoms with E-state index in [2.05, 4.69) is 10.3 Å². The molecule has 0 spiro atoms. The fourth-order valence-electron chi connectivity index (χ4n) is 2.37. The molecule has 4 nitrogen and oxygen atoms in total. The van der Waals surface area contributed by atoms with E-state index in [9.17, 15) is 5.11 Å². The fraction of sp³-hybridized carbons (Fsp3) is 0.583. The lowest BCUT2D eigenvalue weighted by atomic mass is 9.97. The summed E-state index contributed by atoms with van der Waals surface area (Å²) in [6.45, 7) is 1.20. The maximum atomic E-state index is 9.21. The number of nitrogens with two attached hydrogens (primary N) is 1. The number of aliphatic hydroxyl groups excluding tert-OH is 1. The average Bonchev–Trinajstić information content (AvgIpc) is 2.76. The average molecular weight is 221 g/mol.